The highest BCUT2D eigenvalue weighted by molar-refractivity contribution is 7.48. The van der Waals surface area contributed by atoms with Crippen LogP contribution in [-0.2, 0) is 22.9 Å². The number of amidine groups is 1. The number of rotatable bonds is 3. The Labute approximate surface area is 128 Å². The Balaban J connectivity index is 1.65. The van der Waals surface area contributed by atoms with E-state index in [1.54, 1.807) is 26.1 Å². The summed E-state index contributed by atoms with van der Waals surface area (Å²) in [6.07, 6.45) is 0.948. The fraction of sp³-hybridized carbons (Fsp3) is 0.750. The van der Waals surface area contributed by atoms with Crippen molar-refractivity contribution in [3.8, 4) is 0 Å². The third-order valence-electron chi connectivity index (χ3n) is 3.46. The van der Waals surface area contributed by atoms with Crippen LogP contribution in [0.15, 0.2) is 17.3 Å². The van der Waals surface area contributed by atoms with Gasteiger partial charge in [0.25, 0.3) is 0 Å². The molecule has 0 amide bonds. The molecule has 9 nitrogen and oxygen atoms in total. The van der Waals surface area contributed by atoms with Gasteiger partial charge in [-0.15, -0.1) is 0 Å². The maximum atomic E-state index is 12.3. The van der Waals surface area contributed by atoms with Gasteiger partial charge in [0.2, 0.25) is 6.35 Å². The zero-order chi connectivity index (χ0) is 15.9. The molecule has 0 spiro atoms. The lowest BCUT2D eigenvalue weighted by molar-refractivity contribution is -0.118. The van der Waals surface area contributed by atoms with Gasteiger partial charge < -0.3 is 20.5 Å². The van der Waals surface area contributed by atoms with E-state index in [-0.39, 0.29) is 24.7 Å². The molecule has 0 saturated carbocycles. The van der Waals surface area contributed by atoms with Crippen LogP contribution in [-0.4, -0.2) is 53.3 Å². The Bertz CT molecular complexity index is 539. The second kappa shape index (κ2) is 5.92. The fourth-order valence-corrected chi connectivity index (χ4v) is 4.12. The van der Waals surface area contributed by atoms with Crippen LogP contribution in [0.3, 0.4) is 0 Å². The molecule has 3 heterocycles. The summed E-state index contributed by atoms with van der Waals surface area (Å²) in [6, 6.07) is 0. The van der Waals surface area contributed by atoms with E-state index in [9.17, 15) is 9.67 Å². The van der Waals surface area contributed by atoms with Crippen LogP contribution in [0.5, 0.6) is 0 Å². The van der Waals surface area contributed by atoms with Gasteiger partial charge in [-0.2, -0.15) is 0 Å². The van der Waals surface area contributed by atoms with Crippen LogP contribution < -0.4 is 5.73 Å². The molecule has 3 aliphatic heterocycles. The summed E-state index contributed by atoms with van der Waals surface area (Å²) in [6.45, 7) is 3.62. The van der Waals surface area contributed by atoms with Gasteiger partial charge in [0.1, 0.15) is 24.3 Å². The van der Waals surface area contributed by atoms with Crippen LogP contribution in [0, 0.1) is 0 Å². The average Bonchev–Trinajstić information content (AvgIpc) is 2.79. The maximum absolute atomic E-state index is 12.3. The highest BCUT2D eigenvalue weighted by Gasteiger charge is 2.49. The molecule has 0 aromatic heterocycles. The Morgan fingerprint density at radius 3 is 3.00 bits per heavy atom. The zero-order valence-corrected chi connectivity index (χ0v) is 13.3. The molecule has 3 rings (SSSR count). The van der Waals surface area contributed by atoms with Crippen molar-refractivity contribution in [3.05, 3.63) is 12.3 Å². The lowest BCUT2D eigenvalue weighted by Crippen LogP contribution is -2.41. The van der Waals surface area contributed by atoms with E-state index < -0.39 is 26.5 Å². The number of phosphoric ester groups is 1. The normalized spacial score (nSPS) is 41.6. The first-order valence-corrected chi connectivity index (χ1v) is 8.56. The minimum atomic E-state index is -3.56. The molecule has 0 aromatic rings. The summed E-state index contributed by atoms with van der Waals surface area (Å²) >= 11 is 0. The molecule has 124 valence electrons. The predicted molar refractivity (Wildman–Crippen MR) is 76.5 cm³/mol. The molecule has 3 aliphatic rings. The Morgan fingerprint density at radius 1 is 1.55 bits per heavy atom. The Kier molecular flexibility index (Phi) is 4.28. The van der Waals surface area contributed by atoms with Crippen molar-refractivity contribution in [2.45, 2.75) is 51.2 Å². The third kappa shape index (κ3) is 3.19. The van der Waals surface area contributed by atoms with E-state index in [1.807, 2.05) is 0 Å². The molecule has 0 aromatic carbocycles. The standard InChI is InChI=1S/C12H20N3O6P/c1-7(2)20-22(17)18-6-9-8(21-22)5-11(19-9)15-4-3-10(13)14-12(15)16/h3-4,7-9,11-12,16H,5-6H2,1-2H3,(H2,13,14)/t8-,9+,11+,12?,22?/m0/s1. The number of aliphatic hydroxyl groups is 1. The molecular formula is C12H20N3O6P. The molecular weight excluding hydrogens is 313 g/mol. The van der Waals surface area contributed by atoms with E-state index >= 15 is 0 Å². The quantitative estimate of drug-likeness (QED) is 0.718. The van der Waals surface area contributed by atoms with Crippen molar-refractivity contribution in [3.63, 3.8) is 0 Å². The van der Waals surface area contributed by atoms with E-state index in [1.165, 1.54) is 4.90 Å². The molecule has 0 bridgehead atoms. The number of ether oxygens (including phenoxy) is 1. The number of nitrogens with zero attached hydrogens (tertiary/aromatic N) is 2. The van der Waals surface area contributed by atoms with Gasteiger partial charge in [-0.1, -0.05) is 0 Å². The summed E-state index contributed by atoms with van der Waals surface area (Å²) in [7, 11) is -3.56. The Hall–Kier alpha value is -0.960. The van der Waals surface area contributed by atoms with Crippen molar-refractivity contribution in [1.29, 1.82) is 0 Å². The topological polar surface area (TPSA) is 116 Å². The SMILES string of the molecule is CC(C)OP1(=O)OC[C@H]2O[C@@H](N3C=CC(N)=NC3O)C[C@@H]2O1. The molecule has 10 heteroatoms. The Morgan fingerprint density at radius 2 is 2.32 bits per heavy atom. The molecule has 0 radical (unpaired) electrons. The van der Waals surface area contributed by atoms with E-state index in [0.29, 0.717) is 6.42 Å². The van der Waals surface area contributed by atoms with Crippen LogP contribution in [0.1, 0.15) is 20.3 Å². The second-order valence-electron chi connectivity index (χ2n) is 5.57. The average molecular weight is 333 g/mol. The zero-order valence-electron chi connectivity index (χ0n) is 12.4. The lowest BCUT2D eigenvalue weighted by atomic mass is 10.2. The van der Waals surface area contributed by atoms with E-state index in [0.717, 1.165) is 0 Å². The minimum absolute atomic E-state index is 0.115. The number of nitrogens with two attached hydrogens (primary N) is 1. The van der Waals surface area contributed by atoms with Crippen LogP contribution >= 0.6 is 7.82 Å². The third-order valence-corrected chi connectivity index (χ3v) is 5.14. The first-order valence-electron chi connectivity index (χ1n) is 7.10. The fourth-order valence-electron chi connectivity index (χ4n) is 2.55. The highest BCUT2D eigenvalue weighted by Crippen LogP contribution is 2.56. The van der Waals surface area contributed by atoms with Gasteiger partial charge in [0.15, 0.2) is 0 Å². The first kappa shape index (κ1) is 15.9. The van der Waals surface area contributed by atoms with Gasteiger partial charge in [-0.3, -0.25) is 13.6 Å². The van der Waals surface area contributed by atoms with Crippen LogP contribution in [0.2, 0.25) is 0 Å². The van der Waals surface area contributed by atoms with Crippen LogP contribution in [0.25, 0.3) is 0 Å². The van der Waals surface area contributed by atoms with Gasteiger partial charge in [-0.05, 0) is 19.9 Å². The molecule has 22 heavy (non-hydrogen) atoms. The second-order valence-corrected chi connectivity index (χ2v) is 7.14. The van der Waals surface area contributed by atoms with E-state index in [4.69, 9.17) is 24.0 Å². The smallest absolute Gasteiger partial charge is 0.384 e. The molecule has 5 atom stereocenters. The first-order chi connectivity index (χ1) is 10.4. The monoisotopic (exact) mass is 333 g/mol. The van der Waals surface area contributed by atoms with E-state index in [2.05, 4.69) is 4.99 Å². The lowest BCUT2D eigenvalue weighted by Gasteiger charge is -2.31. The molecule has 0 aliphatic carbocycles. The molecule has 3 N–H and O–H groups in total. The molecule has 2 unspecified atom stereocenters. The van der Waals surface area contributed by atoms with Crippen molar-refractivity contribution in [2.24, 2.45) is 10.7 Å². The summed E-state index contributed by atoms with van der Waals surface area (Å²) < 4.78 is 34.1. The van der Waals surface area contributed by atoms with Gasteiger partial charge in [-0.25, -0.2) is 9.56 Å². The van der Waals surface area contributed by atoms with Gasteiger partial charge in [0, 0.05) is 12.6 Å². The minimum Gasteiger partial charge on any atom is -0.384 e. The number of hydrogen-bond acceptors (Lipinski definition) is 9. The molecule has 2 saturated heterocycles. The summed E-state index contributed by atoms with van der Waals surface area (Å²) in [5.41, 5.74) is 5.52. The van der Waals surface area contributed by atoms with Gasteiger partial charge in [0.05, 0.1) is 12.7 Å². The summed E-state index contributed by atoms with van der Waals surface area (Å²) in [5.74, 6) is 0.244. The molecule has 2 fully saturated rings. The number of aliphatic imine (C=N–C) groups is 1. The van der Waals surface area contributed by atoms with Crippen molar-refractivity contribution >= 4 is 13.7 Å². The largest absolute Gasteiger partial charge is 0.475 e. The van der Waals surface area contributed by atoms with Crippen LogP contribution in [0.4, 0.5) is 0 Å². The number of phosphoric acid groups is 1. The van der Waals surface area contributed by atoms with Gasteiger partial charge >= 0.3 is 7.82 Å². The highest BCUT2D eigenvalue weighted by atomic mass is 31.2. The predicted octanol–water partition coefficient (Wildman–Crippen LogP) is 0.512. The summed E-state index contributed by atoms with van der Waals surface area (Å²) in [5, 5.41) is 9.93. The van der Waals surface area contributed by atoms with Crippen molar-refractivity contribution in [1.82, 2.24) is 4.90 Å². The number of hydrogen-bond donors (Lipinski definition) is 2. The number of fused-ring (bicyclic) bond motifs is 1. The van der Waals surface area contributed by atoms with Crippen molar-refractivity contribution in [2.75, 3.05) is 6.61 Å². The number of aliphatic hydroxyl groups excluding tert-OH is 1. The summed E-state index contributed by atoms with van der Waals surface area (Å²) in [4.78, 5) is 5.37. The maximum Gasteiger partial charge on any atom is 0.475 e. The van der Waals surface area contributed by atoms with Crippen molar-refractivity contribution < 1.29 is 28.0 Å².